The number of allylic oxidation sites excluding steroid dienone is 1. The van der Waals surface area contributed by atoms with Crippen molar-refractivity contribution in [3.63, 3.8) is 0 Å². The summed E-state index contributed by atoms with van der Waals surface area (Å²) >= 11 is 0. The Balaban J connectivity index is 1.42. The standard InChI is InChI=1S/C25H29FN2O3S/c26-19-6-3-5-16(12-19)18-8-9-20(27-14-18)10-11-22-21-7-2-1-4-17(21)13-23-25(22)24(15-29)32(30,31)28-23/h3,5-6,8-12,14,17,21-25,28-29H,1-2,4,7,13,15H2/b11-10+. The van der Waals surface area contributed by atoms with Gasteiger partial charge in [-0.25, -0.2) is 17.5 Å². The number of hydrogen-bond donors (Lipinski definition) is 2. The molecule has 2 aliphatic carbocycles. The quantitative estimate of drug-likeness (QED) is 0.729. The van der Waals surface area contributed by atoms with Crippen LogP contribution in [0.3, 0.4) is 0 Å². The lowest BCUT2D eigenvalue weighted by Gasteiger charge is -2.46. The lowest BCUT2D eigenvalue weighted by atomic mass is 9.59. The van der Waals surface area contributed by atoms with Crippen molar-refractivity contribution in [2.45, 2.75) is 43.4 Å². The second-order valence-corrected chi connectivity index (χ2v) is 11.4. The van der Waals surface area contributed by atoms with Crippen LogP contribution < -0.4 is 4.72 Å². The van der Waals surface area contributed by atoms with Crippen molar-refractivity contribution in [3.05, 3.63) is 60.2 Å². The number of hydrogen-bond acceptors (Lipinski definition) is 4. The molecule has 32 heavy (non-hydrogen) atoms. The van der Waals surface area contributed by atoms with E-state index in [2.05, 4.69) is 15.8 Å². The Morgan fingerprint density at radius 1 is 1.16 bits per heavy atom. The molecule has 0 bridgehead atoms. The minimum atomic E-state index is -3.50. The average Bonchev–Trinajstić information content (AvgIpc) is 3.05. The molecule has 0 spiro atoms. The first-order chi connectivity index (χ1) is 15.5. The number of benzene rings is 1. The SMILES string of the molecule is O=S1(=O)NC2CC3CCCCC3C(/C=C/c3ccc(-c4cccc(F)c4)cn3)C2C1CO. The molecule has 5 nitrogen and oxygen atoms in total. The molecule has 3 fully saturated rings. The van der Waals surface area contributed by atoms with Crippen LogP contribution in [-0.4, -0.2) is 36.4 Å². The summed E-state index contributed by atoms with van der Waals surface area (Å²) in [5.41, 5.74) is 2.41. The van der Waals surface area contributed by atoms with Gasteiger partial charge in [-0.1, -0.05) is 43.5 Å². The van der Waals surface area contributed by atoms with Crippen LogP contribution in [0.15, 0.2) is 48.7 Å². The maximum absolute atomic E-state index is 13.5. The Morgan fingerprint density at radius 3 is 2.75 bits per heavy atom. The summed E-state index contributed by atoms with van der Waals surface area (Å²) in [6.45, 7) is -0.348. The van der Waals surface area contributed by atoms with Gasteiger partial charge in [-0.2, -0.15) is 0 Å². The van der Waals surface area contributed by atoms with Gasteiger partial charge in [0, 0.05) is 23.7 Å². The molecule has 0 radical (unpaired) electrons. The molecule has 1 saturated heterocycles. The Kier molecular flexibility index (Phi) is 5.90. The van der Waals surface area contributed by atoms with Crippen molar-refractivity contribution in [2.75, 3.05) is 6.61 Å². The highest BCUT2D eigenvalue weighted by atomic mass is 32.2. The van der Waals surface area contributed by atoms with E-state index in [0.717, 1.165) is 36.1 Å². The number of pyridine rings is 1. The average molecular weight is 457 g/mol. The predicted octanol–water partition coefficient (Wildman–Crippen LogP) is 4.01. The fourth-order valence-corrected chi connectivity index (χ4v) is 8.09. The summed E-state index contributed by atoms with van der Waals surface area (Å²) in [4.78, 5) is 4.53. The molecule has 6 atom stereocenters. The van der Waals surface area contributed by atoms with Crippen LogP contribution >= 0.6 is 0 Å². The fourth-order valence-electron chi connectivity index (χ4n) is 6.25. The number of sulfonamides is 1. The van der Waals surface area contributed by atoms with Crippen molar-refractivity contribution < 1.29 is 17.9 Å². The minimum absolute atomic E-state index is 0.0886. The molecule has 2 aromatic rings. The Hall–Kier alpha value is -2.09. The maximum atomic E-state index is 13.5. The molecule has 5 rings (SSSR count). The smallest absolute Gasteiger partial charge is 0.217 e. The Bertz CT molecular complexity index is 1100. The van der Waals surface area contributed by atoms with E-state index in [9.17, 15) is 17.9 Å². The van der Waals surface area contributed by atoms with Crippen LogP contribution in [0.1, 0.15) is 37.8 Å². The summed E-state index contributed by atoms with van der Waals surface area (Å²) in [5, 5.41) is 9.16. The third-order valence-corrected chi connectivity index (χ3v) is 9.58. The van der Waals surface area contributed by atoms with E-state index in [1.54, 1.807) is 12.3 Å². The summed E-state index contributed by atoms with van der Waals surface area (Å²) in [5.74, 6) is 0.650. The normalized spacial score (nSPS) is 33.7. The van der Waals surface area contributed by atoms with E-state index in [1.165, 1.54) is 25.0 Å². The second kappa shape index (κ2) is 8.69. The molecular weight excluding hydrogens is 427 g/mol. The van der Waals surface area contributed by atoms with E-state index in [0.29, 0.717) is 11.8 Å². The van der Waals surface area contributed by atoms with Gasteiger partial charge in [0.1, 0.15) is 11.1 Å². The van der Waals surface area contributed by atoms with Crippen molar-refractivity contribution in [1.82, 2.24) is 9.71 Å². The fraction of sp³-hybridized carbons (Fsp3) is 0.480. The Morgan fingerprint density at radius 2 is 2.00 bits per heavy atom. The molecule has 6 unspecified atom stereocenters. The largest absolute Gasteiger partial charge is 0.395 e. The zero-order chi connectivity index (χ0) is 22.3. The summed E-state index contributed by atoms with van der Waals surface area (Å²) in [7, 11) is -3.50. The molecule has 1 aromatic heterocycles. The number of halogens is 1. The first-order valence-corrected chi connectivity index (χ1v) is 13.0. The van der Waals surface area contributed by atoms with Crippen LogP contribution in [0.2, 0.25) is 0 Å². The minimum Gasteiger partial charge on any atom is -0.395 e. The molecule has 2 heterocycles. The number of rotatable bonds is 4. The predicted molar refractivity (Wildman–Crippen MR) is 122 cm³/mol. The van der Waals surface area contributed by atoms with Gasteiger partial charge in [0.15, 0.2) is 0 Å². The third kappa shape index (κ3) is 4.02. The highest BCUT2D eigenvalue weighted by molar-refractivity contribution is 7.90. The van der Waals surface area contributed by atoms with E-state index < -0.39 is 15.3 Å². The lowest BCUT2D eigenvalue weighted by Crippen LogP contribution is -2.47. The van der Waals surface area contributed by atoms with Gasteiger partial charge in [0.25, 0.3) is 0 Å². The van der Waals surface area contributed by atoms with Gasteiger partial charge in [-0.3, -0.25) is 4.98 Å². The van der Waals surface area contributed by atoms with E-state index in [4.69, 9.17) is 0 Å². The van der Waals surface area contributed by atoms with Crippen LogP contribution in [0.25, 0.3) is 17.2 Å². The van der Waals surface area contributed by atoms with Crippen molar-refractivity contribution >= 4 is 16.1 Å². The number of aliphatic hydroxyl groups is 1. The Labute approximate surface area is 188 Å². The molecule has 170 valence electrons. The number of nitrogens with one attached hydrogen (secondary N) is 1. The first kappa shape index (κ1) is 21.7. The number of aliphatic hydroxyl groups excluding tert-OH is 1. The molecule has 2 N–H and O–H groups in total. The molecule has 0 amide bonds. The van der Waals surface area contributed by atoms with Gasteiger partial charge in [0.05, 0.1) is 12.3 Å². The number of aromatic nitrogens is 1. The van der Waals surface area contributed by atoms with Crippen molar-refractivity contribution in [1.29, 1.82) is 0 Å². The summed E-state index contributed by atoms with van der Waals surface area (Å²) < 4.78 is 41.7. The number of fused-ring (bicyclic) bond motifs is 2. The molecule has 2 saturated carbocycles. The monoisotopic (exact) mass is 456 g/mol. The van der Waals surface area contributed by atoms with Crippen LogP contribution in [-0.2, 0) is 10.0 Å². The van der Waals surface area contributed by atoms with Crippen LogP contribution in [0, 0.1) is 29.5 Å². The van der Waals surface area contributed by atoms with Crippen molar-refractivity contribution in [2.24, 2.45) is 23.7 Å². The zero-order valence-electron chi connectivity index (χ0n) is 17.9. The van der Waals surface area contributed by atoms with Gasteiger partial charge >= 0.3 is 0 Å². The summed E-state index contributed by atoms with van der Waals surface area (Å²) in [6, 6.07) is 10.2. The second-order valence-electron chi connectivity index (χ2n) is 9.43. The summed E-state index contributed by atoms with van der Waals surface area (Å²) in [6.07, 6.45) is 11.3. The van der Waals surface area contributed by atoms with Crippen LogP contribution in [0.5, 0.6) is 0 Å². The van der Waals surface area contributed by atoms with Gasteiger partial charge < -0.3 is 5.11 Å². The third-order valence-electron chi connectivity index (χ3n) is 7.68. The lowest BCUT2D eigenvalue weighted by molar-refractivity contribution is 0.0594. The molecule has 3 aliphatic rings. The molecular formula is C25H29FN2O3S. The van der Waals surface area contributed by atoms with E-state index in [-0.39, 0.29) is 30.3 Å². The van der Waals surface area contributed by atoms with Gasteiger partial charge in [-0.15, -0.1) is 0 Å². The first-order valence-electron chi connectivity index (χ1n) is 11.5. The number of nitrogens with zero attached hydrogens (tertiary/aromatic N) is 1. The maximum Gasteiger partial charge on any atom is 0.217 e. The zero-order valence-corrected chi connectivity index (χ0v) is 18.7. The van der Waals surface area contributed by atoms with Crippen molar-refractivity contribution in [3.8, 4) is 11.1 Å². The van der Waals surface area contributed by atoms with E-state index in [1.807, 2.05) is 24.3 Å². The molecule has 7 heteroatoms. The van der Waals surface area contributed by atoms with E-state index >= 15 is 0 Å². The molecule has 1 aliphatic heterocycles. The van der Waals surface area contributed by atoms with Gasteiger partial charge in [0.2, 0.25) is 10.0 Å². The van der Waals surface area contributed by atoms with Gasteiger partial charge in [-0.05, 0) is 60.4 Å². The van der Waals surface area contributed by atoms with Crippen LogP contribution in [0.4, 0.5) is 4.39 Å². The highest BCUT2D eigenvalue weighted by Gasteiger charge is 2.55. The topological polar surface area (TPSA) is 79.3 Å². The molecule has 1 aromatic carbocycles. The highest BCUT2D eigenvalue weighted by Crippen LogP contribution is 2.51.